The van der Waals surface area contributed by atoms with Crippen LogP contribution in [-0.4, -0.2) is 11.1 Å². The van der Waals surface area contributed by atoms with Gasteiger partial charge in [0.05, 0.1) is 0 Å². The minimum Gasteiger partial charge on any atom is -0.166 e. The highest BCUT2D eigenvalue weighted by Gasteiger charge is 2.20. The van der Waals surface area contributed by atoms with E-state index < -0.39 is 11.1 Å². The van der Waals surface area contributed by atoms with E-state index in [4.69, 9.17) is 45.8 Å². The van der Waals surface area contributed by atoms with E-state index in [1.807, 2.05) is 0 Å². The molecule has 0 bridgehead atoms. The minimum atomic E-state index is -0.671. The Balaban J connectivity index is 3.65. The summed E-state index contributed by atoms with van der Waals surface area (Å²) in [6, 6.07) is 0. The molecule has 44 valence electrons. The molecule has 0 aromatic carbocycles. The predicted molar refractivity (Wildman–Crippen MR) is 44.1 cm³/mol. The van der Waals surface area contributed by atoms with Crippen LogP contribution in [0.2, 0.25) is 0 Å². The molecule has 0 unspecified atom stereocenters. The molecule has 0 saturated carbocycles. The summed E-state index contributed by atoms with van der Waals surface area (Å²) >= 11 is 21.3. The zero-order valence-electron chi connectivity index (χ0n) is 3.87. The average Bonchev–Trinajstić information content (AvgIpc) is 1.64. The molecule has 0 aliphatic heterocycles. The van der Waals surface area contributed by atoms with Crippen LogP contribution in [0.25, 0.3) is 0 Å². The predicted octanol–water partition coefficient (Wildman–Crippen LogP) is 2.55. The first-order chi connectivity index (χ1) is 3.55. The Morgan fingerprint density at radius 3 is 1.25 bits per heavy atom. The summed E-state index contributed by atoms with van der Waals surface area (Å²) in [7, 11) is 0. The molecule has 0 aromatic rings. The zero-order chi connectivity index (χ0) is 6.73. The molecule has 8 heavy (non-hydrogen) atoms. The Morgan fingerprint density at radius 1 is 1.00 bits per heavy atom. The zero-order valence-corrected chi connectivity index (χ0v) is 6.90. The first kappa shape index (κ1) is 9.03. The highest BCUT2D eigenvalue weighted by molar-refractivity contribution is 7.50. The van der Waals surface area contributed by atoms with Gasteiger partial charge in [-0.15, -0.1) is 6.58 Å². The van der Waals surface area contributed by atoms with Crippen LogP contribution in [0.4, 0.5) is 0 Å². The third kappa shape index (κ3) is 3.13. The fourth-order valence-electron chi connectivity index (χ4n) is 0.0952. The van der Waals surface area contributed by atoms with Crippen molar-refractivity contribution in [2.24, 2.45) is 0 Å². The summed E-state index contributed by atoms with van der Waals surface area (Å²) in [5, 5.41) is 0.414. The summed E-state index contributed by atoms with van der Waals surface area (Å²) in [6.07, 6.45) is 0. The van der Waals surface area contributed by atoms with Crippen LogP contribution in [0.5, 0.6) is 0 Å². The molecule has 0 atom stereocenters. The van der Waals surface area contributed by atoms with Gasteiger partial charge in [-0.1, -0.05) is 5.37 Å². The van der Waals surface area contributed by atoms with Gasteiger partial charge in [0.2, 0.25) is 0 Å². The van der Waals surface area contributed by atoms with Crippen LogP contribution < -0.4 is 0 Å². The Hall–Kier alpha value is 1.03. The lowest BCUT2D eigenvalue weighted by molar-refractivity contribution is 2.37. The lowest BCUT2D eigenvalue weighted by atomic mass is 9.75. The molecule has 0 radical (unpaired) electrons. The summed E-state index contributed by atoms with van der Waals surface area (Å²) in [5.74, 6) is 0. The molecule has 0 aromatic heterocycles. The van der Waals surface area contributed by atoms with Gasteiger partial charge in [0.25, 0.3) is 0 Å². The van der Waals surface area contributed by atoms with Crippen LogP contribution in [0, 0.1) is 0 Å². The quantitative estimate of drug-likeness (QED) is 0.586. The molecular weight excluding hydrogens is 187 g/mol. The van der Waals surface area contributed by atoms with Crippen LogP contribution in [-0.2, 0) is 0 Å². The van der Waals surface area contributed by atoms with Crippen LogP contribution >= 0.6 is 45.8 Å². The third-order valence-electron chi connectivity index (χ3n) is 0.561. The normalized spacial score (nSPS) is 8.50. The molecule has 0 nitrogen and oxygen atoms in total. The highest BCUT2D eigenvalue weighted by atomic mass is 35.5. The van der Waals surface area contributed by atoms with E-state index in [0.29, 0.717) is 5.37 Å². The lowest BCUT2D eigenvalue weighted by Gasteiger charge is -1.97. The fraction of sp³-hybridized carbons (Fsp3) is 0. The van der Waals surface area contributed by atoms with E-state index in [9.17, 15) is 0 Å². The Morgan fingerprint density at radius 2 is 1.25 bits per heavy atom. The highest BCUT2D eigenvalue weighted by Crippen LogP contribution is 2.15. The summed E-state index contributed by atoms with van der Waals surface area (Å²) in [4.78, 5) is 0. The number of hydrogen-bond acceptors (Lipinski definition) is 0. The third-order valence-corrected chi connectivity index (χ3v) is 1.68. The van der Waals surface area contributed by atoms with Gasteiger partial charge in [0.1, 0.15) is 0 Å². The largest absolute Gasteiger partial charge is 0.372 e. The van der Waals surface area contributed by atoms with E-state index in [-0.39, 0.29) is 0 Å². The maximum atomic E-state index is 5.32. The van der Waals surface area contributed by atoms with Crippen LogP contribution in [0.15, 0.2) is 12.0 Å². The maximum absolute atomic E-state index is 5.32. The lowest BCUT2D eigenvalue weighted by Crippen LogP contribution is -2.09. The molecule has 0 spiro atoms. The maximum Gasteiger partial charge on any atom is 0.372 e. The van der Waals surface area contributed by atoms with E-state index in [2.05, 4.69) is 6.58 Å². The van der Waals surface area contributed by atoms with Gasteiger partial charge in [0, 0.05) is 0 Å². The van der Waals surface area contributed by atoms with Gasteiger partial charge in [0.15, 0.2) is 0 Å². The van der Waals surface area contributed by atoms with Gasteiger partial charge in [-0.3, -0.25) is 0 Å². The van der Waals surface area contributed by atoms with Crippen molar-refractivity contribution in [3.8, 4) is 0 Å². The summed E-state index contributed by atoms with van der Waals surface area (Å²) in [6.45, 7) is 3.43. The SMILES string of the molecule is C=C(B(Cl)Cl)B(Cl)Cl. The van der Waals surface area contributed by atoms with Crippen molar-refractivity contribution in [2.75, 3.05) is 0 Å². The smallest absolute Gasteiger partial charge is 0.166 e. The monoisotopic (exact) mass is 188 g/mol. The number of hydrogen-bond donors (Lipinski definition) is 0. The van der Waals surface area contributed by atoms with E-state index in [1.54, 1.807) is 0 Å². The van der Waals surface area contributed by atoms with Gasteiger partial charge in [-0.2, -0.15) is 45.8 Å². The minimum absolute atomic E-state index is 0.414. The molecule has 0 amide bonds. The molecule has 6 heteroatoms. The van der Waals surface area contributed by atoms with Gasteiger partial charge >= 0.3 is 11.1 Å². The van der Waals surface area contributed by atoms with E-state index in [0.717, 1.165) is 0 Å². The van der Waals surface area contributed by atoms with Crippen LogP contribution in [0.3, 0.4) is 0 Å². The fourth-order valence-corrected chi connectivity index (χ4v) is 0.857. The second-order valence-electron chi connectivity index (χ2n) is 1.18. The topological polar surface area (TPSA) is 0 Å². The first-order valence-corrected chi connectivity index (χ1v) is 3.55. The summed E-state index contributed by atoms with van der Waals surface area (Å²) in [5.41, 5.74) is -1.34. The van der Waals surface area contributed by atoms with Crippen LogP contribution in [0.1, 0.15) is 0 Å². The van der Waals surface area contributed by atoms with Crippen molar-refractivity contribution in [3.05, 3.63) is 12.0 Å². The number of rotatable bonds is 2. The van der Waals surface area contributed by atoms with Crippen molar-refractivity contribution in [1.29, 1.82) is 0 Å². The molecule has 0 saturated heterocycles. The molecular formula is C2H2B2Cl4. The molecule has 0 N–H and O–H groups in total. The van der Waals surface area contributed by atoms with Gasteiger partial charge in [-0.25, -0.2) is 0 Å². The molecule has 0 aliphatic carbocycles. The van der Waals surface area contributed by atoms with Gasteiger partial charge < -0.3 is 0 Å². The van der Waals surface area contributed by atoms with Gasteiger partial charge in [-0.05, 0) is 0 Å². The van der Waals surface area contributed by atoms with Crippen molar-refractivity contribution in [1.82, 2.24) is 0 Å². The molecule has 0 heterocycles. The number of halogens is 4. The first-order valence-electron chi connectivity index (χ1n) is 1.80. The Bertz CT molecular complexity index is 80.0. The second-order valence-corrected chi connectivity index (χ2v) is 3.37. The van der Waals surface area contributed by atoms with Crippen molar-refractivity contribution < 1.29 is 0 Å². The van der Waals surface area contributed by atoms with Crippen molar-refractivity contribution >= 4 is 56.9 Å². The van der Waals surface area contributed by atoms with E-state index >= 15 is 0 Å². The Labute approximate surface area is 68.9 Å². The second kappa shape index (κ2) is 3.94. The van der Waals surface area contributed by atoms with Crippen molar-refractivity contribution in [3.63, 3.8) is 0 Å². The van der Waals surface area contributed by atoms with Crippen molar-refractivity contribution in [2.45, 2.75) is 0 Å². The summed E-state index contributed by atoms with van der Waals surface area (Å²) < 4.78 is 0. The van der Waals surface area contributed by atoms with E-state index in [1.165, 1.54) is 0 Å². The molecule has 0 fully saturated rings. The standard InChI is InChI=1S/C2H2B2Cl4/c1-2(3(5)6)4(7)8/h1H2. The molecule has 0 aliphatic rings. The average molecular weight is 189 g/mol. The Kier molecular flexibility index (Phi) is 4.45. The molecule has 0 rings (SSSR count).